The van der Waals surface area contributed by atoms with Crippen LogP contribution in [0, 0.1) is 0 Å². The molecule has 0 unspecified atom stereocenters. The van der Waals surface area contributed by atoms with Crippen molar-refractivity contribution in [2.45, 2.75) is 63.3 Å². The first-order chi connectivity index (χ1) is 15.2. The lowest BCUT2D eigenvalue weighted by Crippen LogP contribution is -2.45. The van der Waals surface area contributed by atoms with Crippen molar-refractivity contribution in [1.29, 1.82) is 0 Å². The van der Waals surface area contributed by atoms with E-state index in [1.54, 1.807) is 16.4 Å². The predicted molar refractivity (Wildman–Crippen MR) is 127 cm³/mol. The van der Waals surface area contributed by atoms with Crippen molar-refractivity contribution in [3.63, 3.8) is 0 Å². The Bertz CT molecular complexity index is 935. The van der Waals surface area contributed by atoms with Crippen molar-refractivity contribution in [2.24, 2.45) is 0 Å². The number of hydrogen-bond donors (Lipinski definition) is 0. The topological polar surface area (TPSA) is 64.2 Å². The highest BCUT2D eigenvalue weighted by Gasteiger charge is 2.31. The number of benzene rings is 1. The van der Waals surface area contributed by atoms with Crippen LogP contribution < -0.4 is 4.90 Å². The van der Waals surface area contributed by atoms with E-state index < -0.39 is 10.0 Å². The van der Waals surface area contributed by atoms with Gasteiger partial charge in [0.05, 0.1) is 11.4 Å². The number of rotatable bonds is 4. The third-order valence-electron chi connectivity index (χ3n) is 7.07. The minimum Gasteiger partial charge on any atom is -0.311 e. The zero-order valence-corrected chi connectivity index (χ0v) is 20.7. The molecule has 0 radical (unpaired) electrons. The molecule has 0 N–H and O–H groups in total. The molecule has 2 saturated heterocycles. The summed E-state index contributed by atoms with van der Waals surface area (Å²) in [6, 6.07) is 5.33. The zero-order chi connectivity index (χ0) is 22.9. The van der Waals surface area contributed by atoms with Gasteiger partial charge < -0.3 is 4.90 Å². The molecule has 3 aliphatic heterocycles. The summed E-state index contributed by atoms with van der Waals surface area (Å²) in [5.74, 6) is 0.116. The molecule has 3 aliphatic rings. The van der Waals surface area contributed by atoms with E-state index in [1.807, 2.05) is 11.0 Å². The molecule has 178 valence electrons. The molecule has 1 amide bonds. The number of sulfonamides is 1. The standard InChI is InChI=1S/C24H38N4O3S/c1-24(2,3)26-12-7-11-25(16-17-26)19-23(29)28-15-6-8-20-18-21(9-10-22(20)28)32(30,31)27-13-4-5-14-27/h9-10,18H,4-8,11-17,19H2,1-3H3. The molecule has 32 heavy (non-hydrogen) atoms. The maximum absolute atomic E-state index is 13.3. The first-order valence-corrected chi connectivity index (χ1v) is 13.5. The maximum atomic E-state index is 13.3. The lowest BCUT2D eigenvalue weighted by Gasteiger charge is -2.35. The van der Waals surface area contributed by atoms with Gasteiger partial charge in [-0.15, -0.1) is 0 Å². The van der Waals surface area contributed by atoms with Crippen LogP contribution in [0.5, 0.6) is 0 Å². The highest BCUT2D eigenvalue weighted by Crippen LogP contribution is 2.31. The third-order valence-corrected chi connectivity index (χ3v) is 8.96. The lowest BCUT2D eigenvalue weighted by molar-refractivity contribution is -0.119. The average Bonchev–Trinajstić information content (AvgIpc) is 3.20. The van der Waals surface area contributed by atoms with Crippen LogP contribution in [0.3, 0.4) is 0 Å². The fraction of sp³-hybridized carbons (Fsp3) is 0.708. The summed E-state index contributed by atoms with van der Waals surface area (Å²) >= 11 is 0. The van der Waals surface area contributed by atoms with E-state index in [0.717, 1.165) is 69.5 Å². The van der Waals surface area contributed by atoms with Crippen LogP contribution in [0.2, 0.25) is 0 Å². The highest BCUT2D eigenvalue weighted by atomic mass is 32.2. The van der Waals surface area contributed by atoms with Gasteiger partial charge in [-0.05, 0) is 89.7 Å². The van der Waals surface area contributed by atoms with Gasteiger partial charge >= 0.3 is 0 Å². The number of hydrogen-bond acceptors (Lipinski definition) is 5. The van der Waals surface area contributed by atoms with Crippen LogP contribution >= 0.6 is 0 Å². The van der Waals surface area contributed by atoms with Crippen LogP contribution in [-0.4, -0.2) is 86.3 Å². The van der Waals surface area contributed by atoms with Crippen LogP contribution in [-0.2, 0) is 21.2 Å². The Morgan fingerprint density at radius 2 is 1.66 bits per heavy atom. The third kappa shape index (κ3) is 5.03. The molecular weight excluding hydrogens is 424 g/mol. The Balaban J connectivity index is 1.45. The summed E-state index contributed by atoms with van der Waals surface area (Å²) in [4.78, 5) is 20.3. The SMILES string of the molecule is CC(C)(C)N1CCCN(CC(=O)N2CCCc3cc(S(=O)(=O)N4CCCC4)ccc32)CC1. The van der Waals surface area contributed by atoms with Gasteiger partial charge in [-0.2, -0.15) is 4.31 Å². The summed E-state index contributed by atoms with van der Waals surface area (Å²) in [5.41, 5.74) is 2.01. The van der Waals surface area contributed by atoms with Crippen LogP contribution in [0.25, 0.3) is 0 Å². The van der Waals surface area contributed by atoms with Gasteiger partial charge in [0, 0.05) is 44.0 Å². The second-order valence-electron chi connectivity index (χ2n) is 10.3. The number of aryl methyl sites for hydroxylation is 1. The van der Waals surface area contributed by atoms with Gasteiger partial charge in [-0.25, -0.2) is 8.42 Å². The van der Waals surface area contributed by atoms with Crippen LogP contribution in [0.1, 0.15) is 52.0 Å². The van der Waals surface area contributed by atoms with Gasteiger partial charge in [-0.1, -0.05) is 0 Å². The van der Waals surface area contributed by atoms with Gasteiger partial charge in [0.2, 0.25) is 15.9 Å². The summed E-state index contributed by atoms with van der Waals surface area (Å²) in [7, 11) is -3.44. The molecule has 3 heterocycles. The Morgan fingerprint density at radius 1 is 0.906 bits per heavy atom. The molecule has 2 fully saturated rings. The molecule has 0 atom stereocenters. The number of amides is 1. The predicted octanol–water partition coefficient (Wildman–Crippen LogP) is 2.56. The summed E-state index contributed by atoms with van der Waals surface area (Å²) in [6.45, 7) is 12.9. The fourth-order valence-electron chi connectivity index (χ4n) is 5.15. The molecule has 0 aromatic heterocycles. The molecule has 1 aromatic carbocycles. The molecule has 0 spiro atoms. The number of fused-ring (bicyclic) bond motifs is 1. The molecule has 4 rings (SSSR count). The Kier molecular flexibility index (Phi) is 6.96. The first kappa shape index (κ1) is 23.7. The Labute approximate surface area is 193 Å². The van der Waals surface area contributed by atoms with E-state index in [9.17, 15) is 13.2 Å². The molecule has 1 aromatic rings. The van der Waals surface area contributed by atoms with Crippen molar-refractivity contribution in [1.82, 2.24) is 14.1 Å². The summed E-state index contributed by atoms with van der Waals surface area (Å²) in [5, 5.41) is 0. The van der Waals surface area contributed by atoms with Crippen molar-refractivity contribution < 1.29 is 13.2 Å². The number of anilines is 1. The zero-order valence-electron chi connectivity index (χ0n) is 19.8. The maximum Gasteiger partial charge on any atom is 0.243 e. The normalized spacial score (nSPS) is 22.0. The second-order valence-corrected chi connectivity index (χ2v) is 12.3. The van der Waals surface area contributed by atoms with Crippen molar-refractivity contribution in [3.8, 4) is 0 Å². The Hall–Kier alpha value is -1.48. The monoisotopic (exact) mass is 462 g/mol. The van der Waals surface area contributed by atoms with Gasteiger partial charge in [0.1, 0.15) is 0 Å². The van der Waals surface area contributed by atoms with Crippen LogP contribution in [0.4, 0.5) is 5.69 Å². The number of carbonyl (C=O) groups excluding carboxylic acids is 1. The number of nitrogens with zero attached hydrogens (tertiary/aromatic N) is 4. The van der Waals surface area contributed by atoms with E-state index in [1.165, 1.54) is 0 Å². The van der Waals surface area contributed by atoms with Gasteiger partial charge in [0.25, 0.3) is 0 Å². The van der Waals surface area contributed by atoms with Crippen molar-refractivity contribution in [3.05, 3.63) is 23.8 Å². The van der Waals surface area contributed by atoms with Crippen molar-refractivity contribution in [2.75, 3.05) is 57.3 Å². The minimum absolute atomic E-state index is 0.116. The largest absolute Gasteiger partial charge is 0.311 e. The Morgan fingerprint density at radius 3 is 2.38 bits per heavy atom. The van der Waals surface area contributed by atoms with Gasteiger partial charge in [0.15, 0.2) is 0 Å². The molecule has 7 nitrogen and oxygen atoms in total. The molecule has 0 aliphatic carbocycles. The fourth-order valence-corrected chi connectivity index (χ4v) is 6.72. The summed E-state index contributed by atoms with van der Waals surface area (Å²) < 4.78 is 27.5. The van der Waals surface area contributed by atoms with Crippen molar-refractivity contribution >= 4 is 21.6 Å². The molecule has 0 saturated carbocycles. The first-order valence-electron chi connectivity index (χ1n) is 12.1. The molecule has 0 bridgehead atoms. The summed E-state index contributed by atoms with van der Waals surface area (Å²) in [6.07, 6.45) is 4.60. The molecule has 8 heteroatoms. The van der Waals surface area contributed by atoms with E-state index in [2.05, 4.69) is 30.6 Å². The van der Waals surface area contributed by atoms with E-state index in [4.69, 9.17) is 0 Å². The van der Waals surface area contributed by atoms with E-state index in [-0.39, 0.29) is 11.4 Å². The second kappa shape index (κ2) is 9.41. The quantitative estimate of drug-likeness (QED) is 0.688. The number of carbonyl (C=O) groups is 1. The van der Waals surface area contributed by atoms with Crippen LogP contribution in [0.15, 0.2) is 23.1 Å². The molecular formula is C24H38N4O3S. The smallest absolute Gasteiger partial charge is 0.243 e. The van der Waals surface area contributed by atoms with Gasteiger partial charge in [-0.3, -0.25) is 14.6 Å². The average molecular weight is 463 g/mol. The lowest BCUT2D eigenvalue weighted by atomic mass is 10.0. The van der Waals surface area contributed by atoms with E-state index in [0.29, 0.717) is 31.1 Å². The highest BCUT2D eigenvalue weighted by molar-refractivity contribution is 7.89. The minimum atomic E-state index is -3.44. The van der Waals surface area contributed by atoms with E-state index >= 15 is 0 Å².